The second-order valence-electron chi connectivity index (χ2n) is 3.99. The SMILES string of the molecule is CCCN(CC(F)(F)F)c1cc(F)cc(CCl)c1. The summed E-state index contributed by atoms with van der Waals surface area (Å²) in [6.07, 6.45) is -3.77. The maximum Gasteiger partial charge on any atom is 0.405 e. The number of nitrogens with zero attached hydrogens (tertiary/aromatic N) is 1. The van der Waals surface area contributed by atoms with Crippen molar-refractivity contribution in [3.05, 3.63) is 29.6 Å². The van der Waals surface area contributed by atoms with E-state index in [4.69, 9.17) is 11.6 Å². The molecule has 0 unspecified atom stereocenters. The lowest BCUT2D eigenvalue weighted by Crippen LogP contribution is -2.35. The van der Waals surface area contributed by atoms with Crippen molar-refractivity contribution in [2.75, 3.05) is 18.0 Å². The monoisotopic (exact) mass is 283 g/mol. The molecule has 6 heteroatoms. The van der Waals surface area contributed by atoms with E-state index in [1.54, 1.807) is 6.92 Å². The van der Waals surface area contributed by atoms with Gasteiger partial charge in [-0.1, -0.05) is 6.92 Å². The second kappa shape index (κ2) is 6.27. The first kappa shape index (κ1) is 15.1. The van der Waals surface area contributed by atoms with Crippen molar-refractivity contribution in [3.63, 3.8) is 0 Å². The van der Waals surface area contributed by atoms with Crippen molar-refractivity contribution < 1.29 is 17.6 Å². The van der Waals surface area contributed by atoms with Crippen molar-refractivity contribution in [2.24, 2.45) is 0 Å². The number of benzene rings is 1. The van der Waals surface area contributed by atoms with E-state index >= 15 is 0 Å². The van der Waals surface area contributed by atoms with Gasteiger partial charge in [-0.3, -0.25) is 0 Å². The Bertz CT molecular complexity index is 392. The molecule has 0 fully saturated rings. The van der Waals surface area contributed by atoms with Crippen LogP contribution in [-0.2, 0) is 5.88 Å². The molecular weight excluding hydrogens is 270 g/mol. The molecule has 0 saturated heterocycles. The lowest BCUT2D eigenvalue weighted by atomic mass is 10.2. The molecule has 18 heavy (non-hydrogen) atoms. The molecule has 0 bridgehead atoms. The van der Waals surface area contributed by atoms with Crippen LogP contribution < -0.4 is 4.90 Å². The van der Waals surface area contributed by atoms with E-state index < -0.39 is 18.5 Å². The van der Waals surface area contributed by atoms with Gasteiger partial charge >= 0.3 is 6.18 Å². The van der Waals surface area contributed by atoms with Gasteiger partial charge in [0.05, 0.1) is 0 Å². The molecule has 0 aliphatic carbocycles. The molecule has 1 rings (SSSR count). The number of alkyl halides is 4. The minimum atomic E-state index is -4.32. The van der Waals surface area contributed by atoms with Crippen LogP contribution in [0.5, 0.6) is 0 Å². The molecular formula is C12H14ClF4N. The summed E-state index contributed by atoms with van der Waals surface area (Å²) in [5, 5.41) is 0. The molecule has 0 atom stereocenters. The Morgan fingerprint density at radius 3 is 2.39 bits per heavy atom. The smallest absolute Gasteiger partial charge is 0.363 e. The Morgan fingerprint density at radius 1 is 1.22 bits per heavy atom. The zero-order chi connectivity index (χ0) is 13.8. The van der Waals surface area contributed by atoms with Crippen LogP contribution in [0.4, 0.5) is 23.2 Å². The number of hydrogen-bond donors (Lipinski definition) is 0. The number of anilines is 1. The molecule has 1 aromatic carbocycles. The van der Waals surface area contributed by atoms with Crippen molar-refractivity contribution in [2.45, 2.75) is 25.4 Å². The third-order valence-corrected chi connectivity index (χ3v) is 2.63. The van der Waals surface area contributed by atoms with Crippen LogP contribution in [0, 0.1) is 5.82 Å². The highest BCUT2D eigenvalue weighted by atomic mass is 35.5. The summed E-state index contributed by atoms with van der Waals surface area (Å²) in [6, 6.07) is 3.79. The molecule has 0 spiro atoms. The van der Waals surface area contributed by atoms with Crippen LogP contribution in [0.2, 0.25) is 0 Å². The topological polar surface area (TPSA) is 3.24 Å². The average Bonchev–Trinajstić information content (AvgIpc) is 2.26. The summed E-state index contributed by atoms with van der Waals surface area (Å²) < 4.78 is 50.6. The van der Waals surface area contributed by atoms with Crippen molar-refractivity contribution >= 4 is 17.3 Å². The second-order valence-corrected chi connectivity index (χ2v) is 4.26. The normalized spacial score (nSPS) is 11.7. The van der Waals surface area contributed by atoms with Crippen molar-refractivity contribution in [3.8, 4) is 0 Å². The summed E-state index contributed by atoms with van der Waals surface area (Å²) in [4.78, 5) is 1.11. The van der Waals surface area contributed by atoms with E-state index in [0.29, 0.717) is 12.0 Å². The molecule has 1 aromatic rings. The molecule has 0 N–H and O–H groups in total. The fraction of sp³-hybridized carbons (Fsp3) is 0.500. The molecule has 0 saturated carbocycles. The van der Waals surface area contributed by atoms with Crippen LogP contribution in [0.25, 0.3) is 0 Å². The fourth-order valence-electron chi connectivity index (χ4n) is 1.68. The highest BCUT2D eigenvalue weighted by molar-refractivity contribution is 6.17. The Hall–Kier alpha value is -0.970. The highest BCUT2D eigenvalue weighted by Crippen LogP contribution is 2.24. The van der Waals surface area contributed by atoms with Crippen LogP contribution in [0.1, 0.15) is 18.9 Å². The first-order chi connectivity index (χ1) is 8.35. The Morgan fingerprint density at radius 2 is 1.89 bits per heavy atom. The number of rotatable bonds is 5. The van der Waals surface area contributed by atoms with Gasteiger partial charge in [0.15, 0.2) is 0 Å². The maximum atomic E-state index is 13.3. The largest absolute Gasteiger partial charge is 0.405 e. The summed E-state index contributed by atoms with van der Waals surface area (Å²) in [6.45, 7) is 0.891. The molecule has 102 valence electrons. The fourth-order valence-corrected chi connectivity index (χ4v) is 1.83. The first-order valence-electron chi connectivity index (χ1n) is 5.53. The van der Waals surface area contributed by atoms with Gasteiger partial charge in [-0.2, -0.15) is 13.2 Å². The lowest BCUT2D eigenvalue weighted by molar-refractivity contribution is -0.119. The van der Waals surface area contributed by atoms with Gasteiger partial charge in [-0.25, -0.2) is 4.39 Å². The van der Waals surface area contributed by atoms with E-state index in [9.17, 15) is 17.6 Å². The van der Waals surface area contributed by atoms with E-state index in [1.165, 1.54) is 12.1 Å². The molecule has 0 aliphatic rings. The highest BCUT2D eigenvalue weighted by Gasteiger charge is 2.30. The Balaban J connectivity index is 3.01. The molecule has 0 heterocycles. The van der Waals surface area contributed by atoms with Crippen LogP contribution in [-0.4, -0.2) is 19.3 Å². The predicted molar refractivity (Wildman–Crippen MR) is 64.5 cm³/mol. The molecule has 0 amide bonds. The van der Waals surface area contributed by atoms with Crippen molar-refractivity contribution in [1.82, 2.24) is 0 Å². The van der Waals surface area contributed by atoms with Gasteiger partial charge in [0.25, 0.3) is 0 Å². The van der Waals surface area contributed by atoms with E-state index in [0.717, 1.165) is 11.0 Å². The third-order valence-electron chi connectivity index (χ3n) is 2.33. The molecule has 0 radical (unpaired) electrons. The zero-order valence-corrected chi connectivity index (χ0v) is 10.7. The molecule has 0 aromatic heterocycles. The Labute approximate surface area is 108 Å². The van der Waals surface area contributed by atoms with Gasteiger partial charge in [-0.05, 0) is 30.2 Å². The van der Waals surface area contributed by atoms with Crippen LogP contribution in [0.15, 0.2) is 18.2 Å². The lowest BCUT2D eigenvalue weighted by Gasteiger charge is -2.26. The summed E-state index contributed by atoms with van der Waals surface area (Å²) in [5.41, 5.74) is 0.680. The number of hydrogen-bond acceptors (Lipinski definition) is 1. The summed E-state index contributed by atoms with van der Waals surface area (Å²) in [7, 11) is 0. The van der Waals surface area contributed by atoms with Gasteiger partial charge < -0.3 is 4.90 Å². The van der Waals surface area contributed by atoms with Gasteiger partial charge in [-0.15, -0.1) is 11.6 Å². The zero-order valence-electron chi connectivity index (χ0n) is 9.90. The van der Waals surface area contributed by atoms with Crippen molar-refractivity contribution in [1.29, 1.82) is 0 Å². The third kappa shape index (κ3) is 4.72. The quantitative estimate of drug-likeness (QED) is 0.574. The maximum absolute atomic E-state index is 13.3. The van der Waals surface area contributed by atoms with E-state index in [2.05, 4.69) is 0 Å². The summed E-state index contributed by atoms with van der Waals surface area (Å²) >= 11 is 5.58. The first-order valence-corrected chi connectivity index (χ1v) is 6.06. The predicted octanol–water partition coefficient (Wildman–Crippen LogP) is 4.34. The number of halogens is 5. The van der Waals surface area contributed by atoms with Crippen LogP contribution in [0.3, 0.4) is 0 Å². The van der Waals surface area contributed by atoms with Gasteiger partial charge in [0.2, 0.25) is 0 Å². The van der Waals surface area contributed by atoms with Gasteiger partial charge in [0, 0.05) is 18.1 Å². The van der Waals surface area contributed by atoms with E-state index in [-0.39, 0.29) is 18.1 Å². The summed E-state index contributed by atoms with van der Waals surface area (Å²) in [5.74, 6) is -0.511. The molecule has 0 aliphatic heterocycles. The van der Waals surface area contributed by atoms with Crippen LogP contribution >= 0.6 is 11.6 Å². The van der Waals surface area contributed by atoms with E-state index in [1.807, 2.05) is 0 Å². The Kier molecular flexibility index (Phi) is 5.26. The van der Waals surface area contributed by atoms with Gasteiger partial charge in [0.1, 0.15) is 12.4 Å². The molecule has 1 nitrogen and oxygen atoms in total. The minimum absolute atomic E-state index is 0.0662. The minimum Gasteiger partial charge on any atom is -0.363 e. The standard InChI is InChI=1S/C12H14ClF4N/c1-2-3-18(8-12(15,16)17)11-5-9(7-13)4-10(14)6-11/h4-6H,2-3,7-8H2,1H3. The average molecular weight is 284 g/mol.